The molecule has 9 heteroatoms. The average molecular weight is 325 g/mol. The van der Waals surface area contributed by atoms with Crippen LogP contribution in [0, 0.1) is 16.0 Å². The van der Waals surface area contributed by atoms with Crippen LogP contribution in [0.3, 0.4) is 0 Å². The van der Waals surface area contributed by atoms with Gasteiger partial charge >= 0.3 is 0 Å². The summed E-state index contributed by atoms with van der Waals surface area (Å²) in [6, 6.07) is 1.04. The minimum atomic E-state index is -3.65. The maximum atomic E-state index is 12.3. The van der Waals surface area contributed by atoms with Crippen molar-refractivity contribution in [1.29, 1.82) is 0 Å². The molecule has 0 bridgehead atoms. The standard InChI is InChI=1S/C10H13ClN2O4S2/c1-2-7-3-4-12(6-7)19(16,17)9-5-8(13(14)15)10(11)18-9/h5,7H,2-4,6H2,1H3. The van der Waals surface area contributed by atoms with Crippen LogP contribution in [0.2, 0.25) is 4.34 Å². The Morgan fingerprint density at radius 1 is 1.63 bits per heavy atom. The molecule has 0 saturated carbocycles. The van der Waals surface area contributed by atoms with Gasteiger partial charge in [0, 0.05) is 19.2 Å². The maximum absolute atomic E-state index is 12.3. The molecule has 1 aliphatic rings. The first-order chi connectivity index (χ1) is 8.86. The Kier molecular flexibility index (Phi) is 4.14. The highest BCUT2D eigenvalue weighted by Gasteiger charge is 2.34. The van der Waals surface area contributed by atoms with Crippen LogP contribution >= 0.6 is 22.9 Å². The van der Waals surface area contributed by atoms with Gasteiger partial charge in [-0.05, 0) is 12.3 Å². The van der Waals surface area contributed by atoms with E-state index in [-0.39, 0.29) is 14.2 Å². The summed E-state index contributed by atoms with van der Waals surface area (Å²) >= 11 is 6.44. The molecular weight excluding hydrogens is 312 g/mol. The molecular formula is C10H13ClN2O4S2. The maximum Gasteiger partial charge on any atom is 0.300 e. The van der Waals surface area contributed by atoms with Crippen LogP contribution < -0.4 is 0 Å². The first-order valence-corrected chi connectivity index (χ1v) is 8.43. The molecule has 1 fully saturated rings. The summed E-state index contributed by atoms with van der Waals surface area (Å²) in [6.45, 7) is 2.96. The highest BCUT2D eigenvalue weighted by molar-refractivity contribution is 7.91. The minimum Gasteiger partial charge on any atom is -0.258 e. The van der Waals surface area contributed by atoms with Crippen LogP contribution in [-0.4, -0.2) is 30.7 Å². The van der Waals surface area contributed by atoms with Crippen LogP contribution in [0.4, 0.5) is 5.69 Å². The number of thiophene rings is 1. The van der Waals surface area contributed by atoms with Gasteiger partial charge in [-0.3, -0.25) is 10.1 Å². The number of rotatable bonds is 4. The Morgan fingerprint density at radius 2 is 2.32 bits per heavy atom. The molecule has 0 aliphatic carbocycles. The summed E-state index contributed by atoms with van der Waals surface area (Å²) in [5.41, 5.74) is -0.350. The molecule has 106 valence electrons. The van der Waals surface area contributed by atoms with Crippen molar-refractivity contribution in [2.75, 3.05) is 13.1 Å². The molecule has 1 atom stereocenters. The first-order valence-electron chi connectivity index (χ1n) is 5.80. The number of halogens is 1. The number of sulfonamides is 1. The zero-order valence-corrected chi connectivity index (χ0v) is 12.6. The molecule has 1 saturated heterocycles. The molecule has 2 heterocycles. The van der Waals surface area contributed by atoms with Crippen molar-refractivity contribution in [2.45, 2.75) is 24.0 Å². The van der Waals surface area contributed by atoms with E-state index in [2.05, 4.69) is 0 Å². The van der Waals surface area contributed by atoms with E-state index in [0.29, 0.717) is 19.0 Å². The van der Waals surface area contributed by atoms with Gasteiger partial charge in [-0.15, -0.1) is 11.3 Å². The van der Waals surface area contributed by atoms with Crippen molar-refractivity contribution in [3.8, 4) is 0 Å². The summed E-state index contributed by atoms with van der Waals surface area (Å²) < 4.78 is 25.9. The SMILES string of the molecule is CCC1CCN(S(=O)(=O)c2cc([N+](=O)[O-])c(Cl)s2)C1. The Balaban J connectivity index is 2.30. The molecule has 1 aromatic rings. The highest BCUT2D eigenvalue weighted by atomic mass is 35.5. The normalized spacial score (nSPS) is 20.8. The van der Waals surface area contributed by atoms with Crippen molar-refractivity contribution in [1.82, 2.24) is 4.31 Å². The quantitative estimate of drug-likeness (QED) is 0.630. The zero-order valence-electron chi connectivity index (χ0n) is 10.2. The second-order valence-electron chi connectivity index (χ2n) is 4.41. The molecule has 0 amide bonds. The minimum absolute atomic E-state index is 0.0547. The number of hydrogen-bond acceptors (Lipinski definition) is 5. The average Bonchev–Trinajstić information content (AvgIpc) is 2.95. The second-order valence-corrected chi connectivity index (χ2v) is 8.23. The lowest BCUT2D eigenvalue weighted by Crippen LogP contribution is -2.28. The van der Waals surface area contributed by atoms with Crippen molar-refractivity contribution in [2.24, 2.45) is 5.92 Å². The number of nitrogens with zero attached hydrogens (tertiary/aromatic N) is 2. The molecule has 0 spiro atoms. The first kappa shape index (κ1) is 14.7. The van der Waals surface area contributed by atoms with Gasteiger partial charge in [0.05, 0.1) is 4.92 Å². The fourth-order valence-corrected chi connectivity index (χ4v) is 5.42. The van der Waals surface area contributed by atoms with Crippen LogP contribution in [-0.2, 0) is 10.0 Å². The van der Waals surface area contributed by atoms with E-state index in [9.17, 15) is 18.5 Å². The zero-order chi connectivity index (χ0) is 14.2. The van der Waals surface area contributed by atoms with E-state index in [1.54, 1.807) is 0 Å². The number of hydrogen-bond donors (Lipinski definition) is 0. The summed E-state index contributed by atoms with van der Waals surface area (Å²) in [7, 11) is -3.65. The molecule has 0 aromatic carbocycles. The fourth-order valence-electron chi connectivity index (χ4n) is 2.07. The van der Waals surface area contributed by atoms with E-state index >= 15 is 0 Å². The van der Waals surface area contributed by atoms with E-state index in [4.69, 9.17) is 11.6 Å². The van der Waals surface area contributed by atoms with Gasteiger partial charge in [-0.25, -0.2) is 8.42 Å². The topological polar surface area (TPSA) is 80.5 Å². The van der Waals surface area contributed by atoms with E-state index in [1.165, 1.54) is 4.31 Å². The third-order valence-corrected chi connectivity index (χ3v) is 6.92. The predicted molar refractivity (Wildman–Crippen MR) is 73.1 cm³/mol. The molecule has 1 unspecified atom stereocenters. The monoisotopic (exact) mass is 324 g/mol. The molecule has 0 N–H and O–H groups in total. The van der Waals surface area contributed by atoms with Gasteiger partial charge in [-0.2, -0.15) is 4.31 Å². The largest absolute Gasteiger partial charge is 0.300 e. The molecule has 1 aromatic heterocycles. The summed E-state index contributed by atoms with van der Waals surface area (Å²) in [6.07, 6.45) is 1.76. The fraction of sp³-hybridized carbons (Fsp3) is 0.600. The molecule has 19 heavy (non-hydrogen) atoms. The smallest absolute Gasteiger partial charge is 0.258 e. The van der Waals surface area contributed by atoms with Crippen molar-refractivity contribution in [3.63, 3.8) is 0 Å². The van der Waals surface area contributed by atoms with Crippen LogP contribution in [0.15, 0.2) is 10.3 Å². The molecule has 0 radical (unpaired) electrons. The van der Waals surface area contributed by atoms with Gasteiger partial charge < -0.3 is 0 Å². The summed E-state index contributed by atoms with van der Waals surface area (Å²) in [4.78, 5) is 10.0. The van der Waals surface area contributed by atoms with Crippen LogP contribution in [0.25, 0.3) is 0 Å². The lowest BCUT2D eigenvalue weighted by atomic mass is 10.1. The van der Waals surface area contributed by atoms with Crippen molar-refractivity contribution < 1.29 is 13.3 Å². The summed E-state index contributed by atoms with van der Waals surface area (Å²) in [5, 5.41) is 10.7. The molecule has 6 nitrogen and oxygen atoms in total. The summed E-state index contributed by atoms with van der Waals surface area (Å²) in [5.74, 6) is 0.361. The Morgan fingerprint density at radius 3 is 2.79 bits per heavy atom. The van der Waals surface area contributed by atoms with Crippen molar-refractivity contribution in [3.05, 3.63) is 20.5 Å². The lowest BCUT2D eigenvalue weighted by Gasteiger charge is -2.14. The second kappa shape index (κ2) is 5.35. The van der Waals surface area contributed by atoms with Gasteiger partial charge in [-0.1, -0.05) is 24.9 Å². The Bertz CT molecular complexity index is 599. The van der Waals surface area contributed by atoms with Crippen molar-refractivity contribution >= 4 is 38.6 Å². The Labute approximate surface area is 120 Å². The van der Waals surface area contributed by atoms with E-state index < -0.39 is 14.9 Å². The molecule has 1 aliphatic heterocycles. The van der Waals surface area contributed by atoms with Crippen LogP contribution in [0.5, 0.6) is 0 Å². The van der Waals surface area contributed by atoms with Gasteiger partial charge in [0.25, 0.3) is 15.7 Å². The lowest BCUT2D eigenvalue weighted by molar-refractivity contribution is -0.384. The van der Waals surface area contributed by atoms with E-state index in [0.717, 1.165) is 30.2 Å². The van der Waals surface area contributed by atoms with E-state index in [1.807, 2.05) is 6.92 Å². The third-order valence-electron chi connectivity index (χ3n) is 3.26. The molecule has 2 rings (SSSR count). The van der Waals surface area contributed by atoms with Gasteiger partial charge in [0.15, 0.2) is 4.34 Å². The predicted octanol–water partition coefficient (Wildman–Crippen LogP) is 2.73. The highest BCUT2D eigenvalue weighted by Crippen LogP contribution is 2.38. The Hall–Kier alpha value is -0.700. The van der Waals surface area contributed by atoms with Gasteiger partial charge in [0.1, 0.15) is 4.21 Å². The number of nitro groups is 1. The van der Waals surface area contributed by atoms with Gasteiger partial charge in [0.2, 0.25) is 0 Å². The third kappa shape index (κ3) is 2.76. The van der Waals surface area contributed by atoms with Crippen LogP contribution in [0.1, 0.15) is 19.8 Å².